The van der Waals surface area contributed by atoms with Gasteiger partial charge >= 0.3 is 0 Å². The molecule has 0 spiro atoms. The standard InChI is InChI=1S/C17H16N2O4/c1-11-3-2-4-12(9-11)16(20)18-19-17(21)13-5-6-14-15(10-13)23-8-7-22-14/h2-6,9-10H,7-8H2,1H3,(H,18,20)(H,19,21). The van der Waals surface area contributed by atoms with Crippen LogP contribution in [0.1, 0.15) is 26.3 Å². The Morgan fingerprint density at radius 2 is 1.52 bits per heavy atom. The maximum Gasteiger partial charge on any atom is 0.269 e. The van der Waals surface area contributed by atoms with E-state index in [1.807, 2.05) is 13.0 Å². The molecule has 0 aliphatic carbocycles. The van der Waals surface area contributed by atoms with Crippen molar-refractivity contribution in [2.24, 2.45) is 0 Å². The van der Waals surface area contributed by atoms with Crippen LogP contribution >= 0.6 is 0 Å². The summed E-state index contributed by atoms with van der Waals surface area (Å²) in [6, 6.07) is 12.0. The normalized spacial score (nSPS) is 12.4. The molecule has 2 aromatic carbocycles. The van der Waals surface area contributed by atoms with Gasteiger partial charge in [-0.1, -0.05) is 17.7 Å². The molecule has 0 bridgehead atoms. The number of ether oxygens (including phenoxy) is 2. The van der Waals surface area contributed by atoms with E-state index < -0.39 is 5.91 Å². The predicted molar refractivity (Wildman–Crippen MR) is 83.5 cm³/mol. The fourth-order valence-electron chi connectivity index (χ4n) is 2.23. The lowest BCUT2D eigenvalue weighted by molar-refractivity contribution is 0.0846. The Morgan fingerprint density at radius 1 is 0.870 bits per heavy atom. The summed E-state index contributed by atoms with van der Waals surface area (Å²) >= 11 is 0. The average molecular weight is 312 g/mol. The number of carbonyl (C=O) groups excluding carboxylic acids is 2. The zero-order valence-electron chi connectivity index (χ0n) is 12.6. The van der Waals surface area contributed by atoms with Gasteiger partial charge in [-0.2, -0.15) is 0 Å². The fraction of sp³-hybridized carbons (Fsp3) is 0.176. The molecule has 23 heavy (non-hydrogen) atoms. The maximum atomic E-state index is 12.1. The van der Waals surface area contributed by atoms with Crippen molar-refractivity contribution < 1.29 is 19.1 Å². The van der Waals surface area contributed by atoms with Gasteiger partial charge in [-0.05, 0) is 37.3 Å². The topological polar surface area (TPSA) is 76.7 Å². The Hall–Kier alpha value is -3.02. The third-order valence-electron chi connectivity index (χ3n) is 3.37. The van der Waals surface area contributed by atoms with E-state index in [1.54, 1.807) is 36.4 Å². The van der Waals surface area contributed by atoms with Crippen molar-refractivity contribution in [2.75, 3.05) is 13.2 Å². The first-order valence-electron chi connectivity index (χ1n) is 7.20. The number of aryl methyl sites for hydroxylation is 1. The summed E-state index contributed by atoms with van der Waals surface area (Å²) in [5, 5.41) is 0. The Labute approximate surface area is 133 Å². The molecule has 6 heteroatoms. The van der Waals surface area contributed by atoms with E-state index in [0.717, 1.165) is 5.56 Å². The Kier molecular flexibility index (Phi) is 4.14. The highest BCUT2D eigenvalue weighted by Gasteiger charge is 2.15. The Morgan fingerprint density at radius 3 is 2.22 bits per heavy atom. The molecule has 2 aromatic rings. The van der Waals surface area contributed by atoms with Gasteiger partial charge in [0, 0.05) is 11.1 Å². The molecular formula is C17H16N2O4. The summed E-state index contributed by atoms with van der Waals surface area (Å²) in [6.45, 7) is 2.83. The highest BCUT2D eigenvalue weighted by Crippen LogP contribution is 2.30. The molecule has 1 aliphatic rings. The molecule has 0 unspecified atom stereocenters. The molecule has 1 aliphatic heterocycles. The lowest BCUT2D eigenvalue weighted by atomic mass is 10.1. The van der Waals surface area contributed by atoms with Gasteiger partial charge in [0.2, 0.25) is 0 Å². The van der Waals surface area contributed by atoms with Crippen LogP contribution in [0.25, 0.3) is 0 Å². The number of benzene rings is 2. The van der Waals surface area contributed by atoms with E-state index in [-0.39, 0.29) is 5.91 Å². The zero-order chi connectivity index (χ0) is 16.2. The summed E-state index contributed by atoms with van der Waals surface area (Å²) in [6.07, 6.45) is 0. The molecular weight excluding hydrogens is 296 g/mol. The minimum absolute atomic E-state index is 0.374. The molecule has 1 heterocycles. The number of hydrogen-bond donors (Lipinski definition) is 2. The maximum absolute atomic E-state index is 12.1. The smallest absolute Gasteiger partial charge is 0.269 e. The van der Waals surface area contributed by atoms with E-state index in [0.29, 0.717) is 35.8 Å². The van der Waals surface area contributed by atoms with Crippen molar-refractivity contribution in [3.05, 3.63) is 59.2 Å². The minimum atomic E-state index is -0.428. The molecule has 6 nitrogen and oxygen atoms in total. The van der Waals surface area contributed by atoms with Gasteiger partial charge in [0.05, 0.1) is 0 Å². The summed E-state index contributed by atoms with van der Waals surface area (Å²) < 4.78 is 10.8. The number of rotatable bonds is 2. The van der Waals surface area contributed by atoms with Crippen LogP contribution in [-0.2, 0) is 0 Å². The Bertz CT molecular complexity index is 758. The number of nitrogens with one attached hydrogen (secondary N) is 2. The van der Waals surface area contributed by atoms with Crippen LogP contribution in [0.15, 0.2) is 42.5 Å². The van der Waals surface area contributed by atoms with Crippen molar-refractivity contribution >= 4 is 11.8 Å². The van der Waals surface area contributed by atoms with Gasteiger partial charge in [0.1, 0.15) is 13.2 Å². The van der Waals surface area contributed by atoms with Crippen molar-refractivity contribution in [1.82, 2.24) is 10.9 Å². The number of hydrazine groups is 1. The van der Waals surface area contributed by atoms with Crippen LogP contribution in [0.2, 0.25) is 0 Å². The van der Waals surface area contributed by atoms with Crippen LogP contribution in [0.5, 0.6) is 11.5 Å². The second kappa shape index (κ2) is 6.39. The number of carbonyl (C=O) groups is 2. The van der Waals surface area contributed by atoms with Crippen LogP contribution in [0, 0.1) is 6.92 Å². The fourth-order valence-corrected chi connectivity index (χ4v) is 2.23. The number of amides is 2. The van der Waals surface area contributed by atoms with Crippen molar-refractivity contribution in [1.29, 1.82) is 0 Å². The van der Waals surface area contributed by atoms with Crippen LogP contribution in [0.4, 0.5) is 0 Å². The van der Waals surface area contributed by atoms with Gasteiger partial charge in [-0.3, -0.25) is 20.4 Å². The van der Waals surface area contributed by atoms with Gasteiger partial charge in [0.15, 0.2) is 11.5 Å². The summed E-state index contributed by atoms with van der Waals surface area (Å²) in [5.74, 6) is 0.327. The van der Waals surface area contributed by atoms with Crippen molar-refractivity contribution in [3.8, 4) is 11.5 Å². The van der Waals surface area contributed by atoms with Gasteiger partial charge < -0.3 is 9.47 Å². The second-order valence-electron chi connectivity index (χ2n) is 5.14. The molecule has 0 saturated carbocycles. The second-order valence-corrected chi connectivity index (χ2v) is 5.14. The SMILES string of the molecule is Cc1cccc(C(=O)NNC(=O)c2ccc3c(c2)OCCO3)c1. The van der Waals surface area contributed by atoms with E-state index >= 15 is 0 Å². The monoisotopic (exact) mass is 312 g/mol. The molecule has 2 N–H and O–H groups in total. The number of hydrogen-bond acceptors (Lipinski definition) is 4. The van der Waals surface area contributed by atoms with Gasteiger partial charge in [0.25, 0.3) is 11.8 Å². The quantitative estimate of drug-likeness (QED) is 0.830. The first kappa shape index (κ1) is 14.9. The minimum Gasteiger partial charge on any atom is -0.486 e. The average Bonchev–Trinajstić information content (AvgIpc) is 2.59. The lowest BCUT2D eigenvalue weighted by Gasteiger charge is -2.18. The zero-order valence-corrected chi connectivity index (χ0v) is 12.6. The molecule has 0 fully saturated rings. The molecule has 0 aromatic heterocycles. The van der Waals surface area contributed by atoms with E-state index in [4.69, 9.17) is 9.47 Å². The first-order valence-corrected chi connectivity index (χ1v) is 7.20. The third-order valence-corrected chi connectivity index (χ3v) is 3.37. The van der Waals surface area contributed by atoms with Gasteiger partial charge in [-0.25, -0.2) is 0 Å². The van der Waals surface area contributed by atoms with Crippen LogP contribution in [0.3, 0.4) is 0 Å². The number of fused-ring (bicyclic) bond motifs is 1. The third kappa shape index (κ3) is 3.42. The first-order chi connectivity index (χ1) is 11.1. The molecule has 2 amide bonds. The molecule has 0 radical (unpaired) electrons. The Balaban J connectivity index is 1.64. The molecule has 0 saturated heterocycles. The van der Waals surface area contributed by atoms with E-state index in [1.165, 1.54) is 0 Å². The highest BCUT2D eigenvalue weighted by molar-refractivity contribution is 5.99. The molecule has 118 valence electrons. The van der Waals surface area contributed by atoms with Crippen molar-refractivity contribution in [3.63, 3.8) is 0 Å². The largest absolute Gasteiger partial charge is 0.486 e. The summed E-state index contributed by atoms with van der Waals surface area (Å²) in [4.78, 5) is 24.1. The van der Waals surface area contributed by atoms with E-state index in [2.05, 4.69) is 10.9 Å². The summed E-state index contributed by atoms with van der Waals surface area (Å²) in [5.41, 5.74) is 6.60. The highest BCUT2D eigenvalue weighted by atomic mass is 16.6. The van der Waals surface area contributed by atoms with E-state index in [9.17, 15) is 9.59 Å². The van der Waals surface area contributed by atoms with Crippen molar-refractivity contribution in [2.45, 2.75) is 6.92 Å². The predicted octanol–water partition coefficient (Wildman–Crippen LogP) is 1.84. The molecule has 3 rings (SSSR count). The summed E-state index contributed by atoms with van der Waals surface area (Å²) in [7, 11) is 0. The lowest BCUT2D eigenvalue weighted by Crippen LogP contribution is -2.41. The van der Waals surface area contributed by atoms with Crippen LogP contribution < -0.4 is 20.3 Å². The molecule has 0 atom stereocenters. The van der Waals surface area contributed by atoms with Gasteiger partial charge in [-0.15, -0.1) is 0 Å². The van der Waals surface area contributed by atoms with Crippen LogP contribution in [-0.4, -0.2) is 25.0 Å².